The topological polar surface area (TPSA) is 66.9 Å². The maximum atomic E-state index is 12.9. The van der Waals surface area contributed by atoms with Gasteiger partial charge < -0.3 is 10.6 Å². The first-order valence-corrected chi connectivity index (χ1v) is 8.72. The van der Waals surface area contributed by atoms with Gasteiger partial charge in [0.15, 0.2) is 5.69 Å². The fourth-order valence-corrected chi connectivity index (χ4v) is 2.59. The molecular weight excluding hydrogens is 343 g/mol. The van der Waals surface area contributed by atoms with E-state index < -0.39 is 0 Å². The molecule has 6 heteroatoms. The van der Waals surface area contributed by atoms with Gasteiger partial charge in [0.1, 0.15) is 11.6 Å². The Balaban J connectivity index is 1.55. The Hall–Kier alpha value is -3.28. The van der Waals surface area contributed by atoms with Gasteiger partial charge >= 0.3 is 0 Å². The summed E-state index contributed by atoms with van der Waals surface area (Å²) < 4.78 is 12.9. The number of hydrogen-bond acceptors (Lipinski definition) is 4. The fourth-order valence-electron chi connectivity index (χ4n) is 2.59. The Morgan fingerprint density at radius 2 is 1.78 bits per heavy atom. The van der Waals surface area contributed by atoms with Crippen molar-refractivity contribution in [2.24, 2.45) is 0 Å². The standard InChI is InChI=1S/C21H21FN4O/c1-14-3-4-15(2)19(13-14)24-21(27)18-9-10-20(26-25-18)23-12-11-16-5-7-17(22)8-6-16/h3-10,13H,11-12H2,1-2H3,(H,23,26)(H,24,27). The van der Waals surface area contributed by atoms with E-state index >= 15 is 0 Å². The largest absolute Gasteiger partial charge is 0.368 e. The Bertz CT molecular complexity index is 924. The minimum absolute atomic E-state index is 0.243. The first-order chi connectivity index (χ1) is 13.0. The van der Waals surface area contributed by atoms with E-state index in [9.17, 15) is 9.18 Å². The van der Waals surface area contributed by atoms with Gasteiger partial charge in [-0.3, -0.25) is 4.79 Å². The van der Waals surface area contributed by atoms with E-state index in [1.807, 2.05) is 32.0 Å². The van der Waals surface area contributed by atoms with Gasteiger partial charge in [0.25, 0.3) is 5.91 Å². The zero-order valence-corrected chi connectivity index (χ0v) is 15.3. The molecule has 0 unspecified atom stereocenters. The third-order valence-corrected chi connectivity index (χ3v) is 4.17. The molecule has 2 aromatic carbocycles. The van der Waals surface area contributed by atoms with E-state index in [-0.39, 0.29) is 17.4 Å². The van der Waals surface area contributed by atoms with Gasteiger partial charge in [-0.05, 0) is 67.3 Å². The second-order valence-corrected chi connectivity index (χ2v) is 6.38. The van der Waals surface area contributed by atoms with Crippen molar-refractivity contribution >= 4 is 17.4 Å². The maximum absolute atomic E-state index is 12.9. The van der Waals surface area contributed by atoms with Crippen LogP contribution in [-0.2, 0) is 6.42 Å². The van der Waals surface area contributed by atoms with Crippen LogP contribution < -0.4 is 10.6 Å². The number of anilines is 2. The molecule has 0 bridgehead atoms. The van der Waals surface area contributed by atoms with Gasteiger partial charge in [-0.15, -0.1) is 10.2 Å². The lowest BCUT2D eigenvalue weighted by molar-refractivity contribution is 0.102. The van der Waals surface area contributed by atoms with Crippen LogP contribution in [0.1, 0.15) is 27.2 Å². The summed E-state index contributed by atoms with van der Waals surface area (Å²) in [7, 11) is 0. The second-order valence-electron chi connectivity index (χ2n) is 6.38. The molecule has 1 amide bonds. The SMILES string of the molecule is Cc1ccc(C)c(NC(=O)c2ccc(NCCc3ccc(F)cc3)nn2)c1. The van der Waals surface area contributed by atoms with Gasteiger partial charge in [-0.25, -0.2) is 4.39 Å². The predicted molar refractivity (Wildman–Crippen MR) is 104 cm³/mol. The molecule has 0 aliphatic heterocycles. The number of aryl methyl sites for hydroxylation is 2. The molecule has 0 saturated carbocycles. The van der Waals surface area contributed by atoms with Crippen LogP contribution in [0.4, 0.5) is 15.9 Å². The average molecular weight is 364 g/mol. The minimum atomic E-state index is -0.297. The van der Waals surface area contributed by atoms with E-state index in [4.69, 9.17) is 0 Å². The number of nitrogens with zero attached hydrogens (tertiary/aromatic N) is 2. The normalized spacial score (nSPS) is 10.5. The fraction of sp³-hybridized carbons (Fsp3) is 0.190. The van der Waals surface area contributed by atoms with Crippen LogP contribution in [0.2, 0.25) is 0 Å². The highest BCUT2D eigenvalue weighted by molar-refractivity contribution is 6.03. The summed E-state index contributed by atoms with van der Waals surface area (Å²) >= 11 is 0. The van der Waals surface area contributed by atoms with Crippen molar-refractivity contribution in [2.45, 2.75) is 20.3 Å². The number of amides is 1. The number of aromatic nitrogens is 2. The summed E-state index contributed by atoms with van der Waals surface area (Å²) in [5.74, 6) is 0.0433. The van der Waals surface area contributed by atoms with Crippen LogP contribution in [0.5, 0.6) is 0 Å². The van der Waals surface area contributed by atoms with Crippen LogP contribution >= 0.6 is 0 Å². The van der Waals surface area contributed by atoms with E-state index in [1.165, 1.54) is 12.1 Å². The van der Waals surface area contributed by atoms with Crippen molar-refractivity contribution in [2.75, 3.05) is 17.2 Å². The molecule has 2 N–H and O–H groups in total. The van der Waals surface area contributed by atoms with Crippen molar-refractivity contribution in [3.63, 3.8) is 0 Å². The molecular formula is C21H21FN4O. The Kier molecular flexibility index (Phi) is 5.76. The van der Waals surface area contributed by atoms with Crippen molar-refractivity contribution in [3.05, 3.63) is 82.8 Å². The predicted octanol–water partition coefficient (Wildman–Crippen LogP) is 4.14. The molecule has 0 aliphatic carbocycles. The molecule has 138 valence electrons. The average Bonchev–Trinajstić information content (AvgIpc) is 2.67. The third-order valence-electron chi connectivity index (χ3n) is 4.17. The molecule has 1 heterocycles. The molecule has 3 aromatic rings. The van der Waals surface area contributed by atoms with E-state index in [0.29, 0.717) is 12.4 Å². The van der Waals surface area contributed by atoms with Crippen LogP contribution in [0.15, 0.2) is 54.6 Å². The van der Waals surface area contributed by atoms with Crippen molar-refractivity contribution in [3.8, 4) is 0 Å². The zero-order chi connectivity index (χ0) is 19.2. The monoisotopic (exact) mass is 364 g/mol. The van der Waals surface area contributed by atoms with Gasteiger partial charge in [0.2, 0.25) is 0 Å². The van der Waals surface area contributed by atoms with Crippen molar-refractivity contribution in [1.29, 1.82) is 0 Å². The van der Waals surface area contributed by atoms with E-state index in [0.717, 1.165) is 28.8 Å². The summed E-state index contributed by atoms with van der Waals surface area (Å²) in [5, 5.41) is 14.0. The number of hydrogen-bond donors (Lipinski definition) is 2. The van der Waals surface area contributed by atoms with Crippen LogP contribution in [0, 0.1) is 19.7 Å². The first kappa shape index (κ1) is 18.5. The van der Waals surface area contributed by atoms with Gasteiger partial charge in [0.05, 0.1) is 0 Å². The molecule has 0 saturated heterocycles. The van der Waals surface area contributed by atoms with Gasteiger partial charge in [-0.1, -0.05) is 24.3 Å². The first-order valence-electron chi connectivity index (χ1n) is 8.72. The van der Waals surface area contributed by atoms with Crippen molar-refractivity contribution < 1.29 is 9.18 Å². The third kappa shape index (κ3) is 5.10. The molecule has 0 radical (unpaired) electrons. The van der Waals surface area contributed by atoms with Gasteiger partial charge in [-0.2, -0.15) is 0 Å². The Labute approximate surface area is 157 Å². The molecule has 0 atom stereocenters. The van der Waals surface area contributed by atoms with Crippen LogP contribution in [-0.4, -0.2) is 22.6 Å². The smallest absolute Gasteiger partial charge is 0.276 e. The lowest BCUT2D eigenvalue weighted by Gasteiger charge is -2.09. The highest BCUT2D eigenvalue weighted by Gasteiger charge is 2.10. The summed E-state index contributed by atoms with van der Waals surface area (Å²) in [6, 6.07) is 15.6. The Morgan fingerprint density at radius 1 is 1.00 bits per heavy atom. The maximum Gasteiger partial charge on any atom is 0.276 e. The molecule has 5 nitrogen and oxygen atoms in total. The molecule has 1 aromatic heterocycles. The van der Waals surface area contributed by atoms with Crippen LogP contribution in [0.3, 0.4) is 0 Å². The summed E-state index contributed by atoms with van der Waals surface area (Å²) in [6.07, 6.45) is 0.733. The van der Waals surface area contributed by atoms with Gasteiger partial charge in [0, 0.05) is 12.2 Å². The molecule has 0 spiro atoms. The van der Waals surface area contributed by atoms with Crippen LogP contribution in [0.25, 0.3) is 0 Å². The number of benzene rings is 2. The molecule has 3 rings (SSSR count). The quantitative estimate of drug-likeness (QED) is 0.690. The molecule has 0 aliphatic rings. The minimum Gasteiger partial charge on any atom is -0.368 e. The number of carbonyl (C=O) groups is 1. The van der Waals surface area contributed by atoms with E-state index in [1.54, 1.807) is 24.3 Å². The summed E-state index contributed by atoms with van der Waals surface area (Å²) in [5.41, 5.74) is 4.10. The zero-order valence-electron chi connectivity index (χ0n) is 15.3. The molecule has 0 fully saturated rings. The second kappa shape index (κ2) is 8.40. The Morgan fingerprint density at radius 3 is 2.48 bits per heavy atom. The number of halogens is 1. The highest BCUT2D eigenvalue weighted by atomic mass is 19.1. The van der Waals surface area contributed by atoms with E-state index in [2.05, 4.69) is 20.8 Å². The lowest BCUT2D eigenvalue weighted by atomic mass is 10.1. The highest BCUT2D eigenvalue weighted by Crippen LogP contribution is 2.17. The summed E-state index contributed by atoms with van der Waals surface area (Å²) in [4.78, 5) is 12.4. The van der Waals surface area contributed by atoms with Crippen molar-refractivity contribution in [1.82, 2.24) is 10.2 Å². The molecule has 27 heavy (non-hydrogen) atoms. The lowest BCUT2D eigenvalue weighted by Crippen LogP contribution is -2.16. The summed E-state index contributed by atoms with van der Waals surface area (Å²) in [6.45, 7) is 4.55. The number of carbonyl (C=O) groups excluding carboxylic acids is 1. The number of nitrogens with one attached hydrogen (secondary N) is 2. The number of rotatable bonds is 6.